The van der Waals surface area contributed by atoms with Crippen molar-refractivity contribution in [3.8, 4) is 17.1 Å². The monoisotopic (exact) mass is 260 g/mol. The van der Waals surface area contributed by atoms with Crippen molar-refractivity contribution in [2.75, 3.05) is 26.1 Å². The van der Waals surface area contributed by atoms with Gasteiger partial charge in [-0.15, -0.1) is 0 Å². The van der Waals surface area contributed by atoms with Gasteiger partial charge in [-0.05, 0) is 24.1 Å². The Hall–Kier alpha value is -2.01. The lowest BCUT2D eigenvalue weighted by Crippen LogP contribution is -1.98. The van der Waals surface area contributed by atoms with Crippen molar-refractivity contribution in [1.29, 1.82) is 0 Å². The molecular formula is C14H16N2O3. The third-order valence-electron chi connectivity index (χ3n) is 3.42. The smallest absolute Gasteiger partial charge is 0.172 e. The van der Waals surface area contributed by atoms with Gasteiger partial charge in [-0.2, -0.15) is 0 Å². The molecule has 0 saturated carbocycles. The first kappa shape index (κ1) is 12.0. The van der Waals surface area contributed by atoms with Gasteiger partial charge in [-0.1, -0.05) is 11.2 Å². The summed E-state index contributed by atoms with van der Waals surface area (Å²) >= 11 is 0. The van der Waals surface area contributed by atoms with E-state index in [-0.39, 0.29) is 0 Å². The second-order valence-electron chi connectivity index (χ2n) is 4.64. The lowest BCUT2D eigenvalue weighted by Gasteiger charge is -2.12. The first-order valence-electron chi connectivity index (χ1n) is 6.26. The van der Waals surface area contributed by atoms with E-state index in [2.05, 4.69) is 17.3 Å². The van der Waals surface area contributed by atoms with E-state index in [4.69, 9.17) is 19.7 Å². The van der Waals surface area contributed by atoms with E-state index in [1.165, 1.54) is 5.56 Å². The molecule has 1 aromatic heterocycles. The van der Waals surface area contributed by atoms with E-state index in [0.717, 1.165) is 30.9 Å². The fourth-order valence-electron chi connectivity index (χ4n) is 2.39. The molecule has 100 valence electrons. The third kappa shape index (κ3) is 2.29. The van der Waals surface area contributed by atoms with Crippen molar-refractivity contribution in [2.45, 2.75) is 12.3 Å². The number of nitrogen functional groups attached to an aromatic ring is 1. The molecule has 1 aromatic carbocycles. The zero-order valence-corrected chi connectivity index (χ0v) is 10.8. The summed E-state index contributed by atoms with van der Waals surface area (Å²) in [4.78, 5) is 0. The average Bonchev–Trinajstić information content (AvgIpc) is 3.09. The van der Waals surface area contributed by atoms with Gasteiger partial charge in [0.1, 0.15) is 5.75 Å². The third-order valence-corrected chi connectivity index (χ3v) is 3.42. The van der Waals surface area contributed by atoms with Gasteiger partial charge in [-0.25, -0.2) is 0 Å². The Labute approximate surface area is 111 Å². The van der Waals surface area contributed by atoms with Crippen LogP contribution in [0.2, 0.25) is 0 Å². The Morgan fingerprint density at radius 2 is 2.26 bits per heavy atom. The largest absolute Gasteiger partial charge is 0.496 e. The highest BCUT2D eigenvalue weighted by Crippen LogP contribution is 2.35. The molecule has 1 fully saturated rings. The maximum atomic E-state index is 5.60. The van der Waals surface area contributed by atoms with Crippen LogP contribution >= 0.6 is 0 Å². The number of rotatable bonds is 3. The molecule has 0 aliphatic carbocycles. The molecule has 2 heterocycles. The Morgan fingerprint density at radius 3 is 2.89 bits per heavy atom. The number of nitrogens with two attached hydrogens (primary N) is 1. The summed E-state index contributed by atoms with van der Waals surface area (Å²) in [6.07, 6.45) is 1.05. The first-order chi connectivity index (χ1) is 9.28. The molecule has 5 nitrogen and oxygen atoms in total. The standard InChI is InChI=1S/C14H16N2O3/c1-17-12-3-2-9(10-4-5-18-8-10)6-11(12)13-7-14(15)16-19-13/h2-3,6-7,10H,4-5,8H2,1H3,(H2,15,16). The first-order valence-corrected chi connectivity index (χ1v) is 6.26. The summed E-state index contributed by atoms with van der Waals surface area (Å²) in [5.74, 6) is 2.17. The summed E-state index contributed by atoms with van der Waals surface area (Å²) in [5, 5.41) is 3.72. The van der Waals surface area contributed by atoms with Crippen LogP contribution in [-0.4, -0.2) is 25.5 Å². The molecular weight excluding hydrogens is 244 g/mol. The summed E-state index contributed by atoms with van der Waals surface area (Å²) in [6, 6.07) is 7.79. The van der Waals surface area contributed by atoms with Crippen molar-refractivity contribution in [3.63, 3.8) is 0 Å². The molecule has 1 aliphatic heterocycles. The molecule has 2 N–H and O–H groups in total. The van der Waals surface area contributed by atoms with Crippen LogP contribution in [-0.2, 0) is 4.74 Å². The van der Waals surface area contributed by atoms with Gasteiger partial charge in [0.15, 0.2) is 11.6 Å². The second kappa shape index (κ2) is 4.93. The predicted molar refractivity (Wildman–Crippen MR) is 71.1 cm³/mol. The van der Waals surface area contributed by atoms with E-state index >= 15 is 0 Å². The fraction of sp³-hybridized carbons (Fsp3) is 0.357. The highest BCUT2D eigenvalue weighted by Gasteiger charge is 2.20. The number of aromatic nitrogens is 1. The second-order valence-corrected chi connectivity index (χ2v) is 4.64. The lowest BCUT2D eigenvalue weighted by molar-refractivity contribution is 0.194. The highest BCUT2D eigenvalue weighted by molar-refractivity contribution is 5.68. The van der Waals surface area contributed by atoms with Crippen molar-refractivity contribution >= 4 is 5.82 Å². The molecule has 1 unspecified atom stereocenters. The number of ether oxygens (including phenoxy) is 2. The van der Waals surface area contributed by atoms with Gasteiger partial charge in [0.2, 0.25) is 0 Å². The molecule has 0 amide bonds. The Balaban J connectivity index is 2.02. The van der Waals surface area contributed by atoms with Crippen LogP contribution in [0.3, 0.4) is 0 Å². The summed E-state index contributed by atoms with van der Waals surface area (Å²) in [7, 11) is 1.64. The number of anilines is 1. The molecule has 0 radical (unpaired) electrons. The van der Waals surface area contributed by atoms with Gasteiger partial charge >= 0.3 is 0 Å². The summed E-state index contributed by atoms with van der Waals surface area (Å²) < 4.78 is 16.0. The van der Waals surface area contributed by atoms with Crippen LogP contribution in [0.4, 0.5) is 5.82 Å². The van der Waals surface area contributed by atoms with Crippen LogP contribution < -0.4 is 10.5 Å². The van der Waals surface area contributed by atoms with Crippen LogP contribution in [0.1, 0.15) is 17.9 Å². The number of benzene rings is 1. The number of hydrogen-bond donors (Lipinski definition) is 1. The van der Waals surface area contributed by atoms with E-state index in [1.54, 1.807) is 13.2 Å². The van der Waals surface area contributed by atoms with E-state index < -0.39 is 0 Å². The molecule has 0 bridgehead atoms. The Morgan fingerprint density at radius 1 is 1.37 bits per heavy atom. The van der Waals surface area contributed by atoms with Crippen molar-refractivity contribution in [1.82, 2.24) is 5.16 Å². The number of hydrogen-bond acceptors (Lipinski definition) is 5. The zero-order valence-electron chi connectivity index (χ0n) is 10.8. The fourth-order valence-corrected chi connectivity index (χ4v) is 2.39. The summed E-state index contributed by atoms with van der Waals surface area (Å²) in [6.45, 7) is 1.59. The minimum atomic E-state index is 0.367. The van der Waals surface area contributed by atoms with E-state index in [1.807, 2.05) is 6.07 Å². The predicted octanol–water partition coefficient (Wildman–Crippen LogP) is 2.44. The highest BCUT2D eigenvalue weighted by atomic mass is 16.5. The molecule has 0 spiro atoms. The average molecular weight is 260 g/mol. The molecule has 1 atom stereocenters. The molecule has 2 aromatic rings. The Bertz CT molecular complexity index is 574. The van der Waals surface area contributed by atoms with Crippen molar-refractivity contribution in [3.05, 3.63) is 29.8 Å². The van der Waals surface area contributed by atoms with Gasteiger partial charge in [-0.3, -0.25) is 0 Å². The van der Waals surface area contributed by atoms with Crippen molar-refractivity contribution in [2.24, 2.45) is 0 Å². The molecule has 1 aliphatic rings. The van der Waals surface area contributed by atoms with Gasteiger partial charge < -0.3 is 19.7 Å². The van der Waals surface area contributed by atoms with E-state index in [0.29, 0.717) is 17.5 Å². The topological polar surface area (TPSA) is 70.5 Å². The number of nitrogens with zero attached hydrogens (tertiary/aromatic N) is 1. The maximum absolute atomic E-state index is 5.60. The Kier molecular flexibility index (Phi) is 3.13. The minimum Gasteiger partial charge on any atom is -0.496 e. The molecule has 19 heavy (non-hydrogen) atoms. The molecule has 3 rings (SSSR count). The van der Waals surface area contributed by atoms with Crippen LogP contribution in [0.25, 0.3) is 11.3 Å². The SMILES string of the molecule is COc1ccc(C2CCOC2)cc1-c1cc(N)no1. The summed E-state index contributed by atoms with van der Waals surface area (Å²) in [5.41, 5.74) is 7.70. The molecule has 1 saturated heterocycles. The van der Waals surface area contributed by atoms with E-state index in [9.17, 15) is 0 Å². The lowest BCUT2D eigenvalue weighted by atomic mass is 9.95. The zero-order chi connectivity index (χ0) is 13.2. The number of methoxy groups -OCH3 is 1. The van der Waals surface area contributed by atoms with Crippen LogP contribution in [0.15, 0.2) is 28.8 Å². The van der Waals surface area contributed by atoms with Crippen molar-refractivity contribution < 1.29 is 14.0 Å². The van der Waals surface area contributed by atoms with Gasteiger partial charge in [0.05, 0.1) is 19.3 Å². The van der Waals surface area contributed by atoms with Gasteiger partial charge in [0.25, 0.3) is 0 Å². The van der Waals surface area contributed by atoms with Gasteiger partial charge in [0, 0.05) is 18.6 Å². The van der Waals surface area contributed by atoms with Crippen LogP contribution in [0, 0.1) is 0 Å². The quantitative estimate of drug-likeness (QED) is 0.917. The normalized spacial score (nSPS) is 18.7. The molecule has 5 heteroatoms. The van der Waals surface area contributed by atoms with Crippen LogP contribution in [0.5, 0.6) is 5.75 Å². The maximum Gasteiger partial charge on any atom is 0.172 e. The minimum absolute atomic E-state index is 0.367.